The Hall–Kier alpha value is -2.16. The van der Waals surface area contributed by atoms with Crippen LogP contribution in [0.3, 0.4) is 0 Å². The molecule has 1 aromatic carbocycles. The van der Waals surface area contributed by atoms with Gasteiger partial charge in [0.2, 0.25) is 0 Å². The van der Waals surface area contributed by atoms with E-state index >= 15 is 0 Å². The van der Waals surface area contributed by atoms with E-state index < -0.39 is 0 Å². The molecule has 0 saturated carbocycles. The van der Waals surface area contributed by atoms with Gasteiger partial charge in [0.15, 0.2) is 0 Å². The second-order valence-corrected chi connectivity index (χ2v) is 5.42. The Labute approximate surface area is 127 Å². The van der Waals surface area contributed by atoms with Crippen molar-refractivity contribution in [1.29, 1.82) is 0 Å². The molecule has 0 amide bonds. The Morgan fingerprint density at radius 3 is 2.71 bits per heavy atom. The van der Waals surface area contributed by atoms with Crippen LogP contribution < -0.4 is 0 Å². The van der Waals surface area contributed by atoms with Crippen molar-refractivity contribution in [3.05, 3.63) is 58.9 Å². The highest BCUT2D eigenvalue weighted by Crippen LogP contribution is 2.24. The van der Waals surface area contributed by atoms with Gasteiger partial charge in [-0.2, -0.15) is 0 Å². The predicted octanol–water partition coefficient (Wildman–Crippen LogP) is 3.90. The van der Waals surface area contributed by atoms with Gasteiger partial charge in [0.25, 0.3) is 0 Å². The number of hydrogen-bond acceptors (Lipinski definition) is 2. The zero-order chi connectivity index (χ0) is 15.2. The first kappa shape index (κ1) is 15.2. The van der Waals surface area contributed by atoms with Crippen LogP contribution in [0.25, 0.3) is 0 Å². The first-order valence-electron chi connectivity index (χ1n) is 7.33. The third-order valence-corrected chi connectivity index (χ3v) is 3.66. The molecule has 0 fully saturated rings. The van der Waals surface area contributed by atoms with Crippen LogP contribution in [0, 0.1) is 13.8 Å². The molecule has 0 bridgehead atoms. The number of aryl methyl sites for hydroxylation is 2. The van der Waals surface area contributed by atoms with Crippen molar-refractivity contribution in [1.82, 2.24) is 9.88 Å². The summed E-state index contributed by atoms with van der Waals surface area (Å²) in [5.74, 6) is 0. The van der Waals surface area contributed by atoms with Gasteiger partial charge in [0, 0.05) is 26.0 Å². The van der Waals surface area contributed by atoms with Gasteiger partial charge in [-0.25, -0.2) is 4.99 Å². The smallest absolute Gasteiger partial charge is 0.0909 e. The summed E-state index contributed by atoms with van der Waals surface area (Å²) in [4.78, 5) is 10.8. The molecular weight excluding hydrogens is 258 g/mol. The van der Waals surface area contributed by atoms with E-state index in [1.54, 1.807) is 0 Å². The molecule has 1 aromatic heterocycles. The van der Waals surface area contributed by atoms with Gasteiger partial charge in [-0.1, -0.05) is 12.1 Å². The summed E-state index contributed by atoms with van der Waals surface area (Å²) in [6.07, 6.45) is 6.54. The molecule has 0 radical (unpaired) electrons. The minimum Gasteiger partial charge on any atom is -0.366 e. The number of aromatic nitrogens is 1. The predicted molar refractivity (Wildman–Crippen MR) is 89.4 cm³/mol. The average Bonchev–Trinajstić information content (AvgIpc) is 2.50. The van der Waals surface area contributed by atoms with Crippen LogP contribution in [0.15, 0.2) is 41.7 Å². The maximum absolute atomic E-state index is 4.57. The number of pyridine rings is 1. The number of rotatable bonds is 5. The fraction of sp³-hybridized carbons (Fsp3) is 0.333. The van der Waals surface area contributed by atoms with Crippen molar-refractivity contribution >= 4 is 12.0 Å². The highest BCUT2D eigenvalue weighted by molar-refractivity contribution is 5.64. The van der Waals surface area contributed by atoms with Crippen LogP contribution in [-0.2, 0) is 6.42 Å². The Morgan fingerprint density at radius 1 is 1.24 bits per heavy atom. The van der Waals surface area contributed by atoms with E-state index in [2.05, 4.69) is 53.8 Å². The van der Waals surface area contributed by atoms with E-state index in [4.69, 9.17) is 0 Å². The van der Waals surface area contributed by atoms with Crippen molar-refractivity contribution in [3.63, 3.8) is 0 Å². The molecule has 110 valence electrons. The van der Waals surface area contributed by atoms with Gasteiger partial charge in [-0.15, -0.1) is 0 Å². The van der Waals surface area contributed by atoms with Crippen molar-refractivity contribution in [2.45, 2.75) is 27.2 Å². The summed E-state index contributed by atoms with van der Waals surface area (Å²) in [6, 6.07) is 8.50. The number of hydrogen-bond donors (Lipinski definition) is 0. The van der Waals surface area contributed by atoms with Crippen LogP contribution in [0.5, 0.6) is 0 Å². The van der Waals surface area contributed by atoms with Gasteiger partial charge in [0.1, 0.15) is 0 Å². The molecule has 0 aliphatic rings. The first-order chi connectivity index (χ1) is 10.1. The summed E-state index contributed by atoms with van der Waals surface area (Å²) in [5.41, 5.74) is 6.10. The Kier molecular flexibility index (Phi) is 5.09. The molecule has 0 atom stereocenters. The largest absolute Gasteiger partial charge is 0.366 e. The lowest BCUT2D eigenvalue weighted by molar-refractivity contribution is 0.552. The Balaban J connectivity index is 2.23. The standard InChI is InChI=1S/C18H23N3/c1-5-21(4)13-20-18-10-14(2)17(9-15(18)3)11-16-7-6-8-19-12-16/h6-10,12-13H,5,11H2,1-4H3/b20-13-. The van der Waals surface area contributed by atoms with Crippen molar-refractivity contribution in [2.75, 3.05) is 13.6 Å². The Morgan fingerprint density at radius 2 is 2.05 bits per heavy atom. The summed E-state index contributed by atoms with van der Waals surface area (Å²) >= 11 is 0. The van der Waals surface area contributed by atoms with Crippen LogP contribution >= 0.6 is 0 Å². The number of benzene rings is 1. The third kappa shape index (κ3) is 4.15. The normalized spacial score (nSPS) is 11.0. The Bertz CT molecular complexity index is 618. The summed E-state index contributed by atoms with van der Waals surface area (Å²) in [5, 5.41) is 0. The van der Waals surface area contributed by atoms with Crippen LogP contribution in [0.4, 0.5) is 5.69 Å². The molecule has 2 rings (SSSR count). The molecule has 1 heterocycles. The SMILES string of the molecule is CCN(C)/C=N\c1cc(C)c(Cc2cccnc2)cc1C. The average molecular weight is 281 g/mol. The molecule has 3 heteroatoms. The van der Waals surface area contributed by atoms with E-state index in [1.807, 2.05) is 31.8 Å². The number of aliphatic imine (C=N–C) groups is 1. The summed E-state index contributed by atoms with van der Waals surface area (Å²) < 4.78 is 0. The fourth-order valence-electron chi connectivity index (χ4n) is 2.16. The van der Waals surface area contributed by atoms with Gasteiger partial charge >= 0.3 is 0 Å². The second kappa shape index (κ2) is 7.02. The first-order valence-corrected chi connectivity index (χ1v) is 7.33. The summed E-state index contributed by atoms with van der Waals surface area (Å²) in [6.45, 7) is 7.33. The fourth-order valence-corrected chi connectivity index (χ4v) is 2.16. The second-order valence-electron chi connectivity index (χ2n) is 5.42. The zero-order valence-corrected chi connectivity index (χ0v) is 13.3. The highest BCUT2D eigenvalue weighted by Gasteiger charge is 2.05. The molecule has 2 aromatic rings. The topological polar surface area (TPSA) is 28.5 Å². The molecule has 21 heavy (non-hydrogen) atoms. The van der Waals surface area contributed by atoms with E-state index in [1.165, 1.54) is 22.3 Å². The minimum atomic E-state index is 0.916. The lowest BCUT2D eigenvalue weighted by Gasteiger charge is -2.12. The molecular formula is C18H23N3. The van der Waals surface area contributed by atoms with Crippen molar-refractivity contribution in [2.24, 2.45) is 4.99 Å². The quantitative estimate of drug-likeness (QED) is 0.614. The monoisotopic (exact) mass is 281 g/mol. The molecule has 0 aliphatic heterocycles. The minimum absolute atomic E-state index is 0.916. The van der Waals surface area contributed by atoms with Gasteiger partial charge in [-0.3, -0.25) is 4.98 Å². The van der Waals surface area contributed by atoms with Gasteiger partial charge in [-0.05, 0) is 61.6 Å². The van der Waals surface area contributed by atoms with E-state index in [0.29, 0.717) is 0 Å². The van der Waals surface area contributed by atoms with Gasteiger partial charge in [0.05, 0.1) is 12.0 Å². The lowest BCUT2D eigenvalue weighted by Crippen LogP contribution is -2.14. The van der Waals surface area contributed by atoms with Crippen LogP contribution in [0.1, 0.15) is 29.2 Å². The maximum atomic E-state index is 4.57. The molecule has 3 nitrogen and oxygen atoms in total. The van der Waals surface area contributed by atoms with E-state index in [0.717, 1.165) is 18.7 Å². The van der Waals surface area contributed by atoms with Crippen molar-refractivity contribution in [3.8, 4) is 0 Å². The summed E-state index contributed by atoms with van der Waals surface area (Å²) in [7, 11) is 2.03. The van der Waals surface area contributed by atoms with Crippen molar-refractivity contribution < 1.29 is 0 Å². The maximum Gasteiger partial charge on any atom is 0.0909 e. The third-order valence-electron chi connectivity index (χ3n) is 3.66. The van der Waals surface area contributed by atoms with Crippen LogP contribution in [0.2, 0.25) is 0 Å². The van der Waals surface area contributed by atoms with Gasteiger partial charge < -0.3 is 4.90 Å². The lowest BCUT2D eigenvalue weighted by atomic mass is 9.98. The zero-order valence-electron chi connectivity index (χ0n) is 13.3. The number of nitrogens with zero attached hydrogens (tertiary/aromatic N) is 3. The van der Waals surface area contributed by atoms with E-state index in [-0.39, 0.29) is 0 Å². The molecule has 0 spiro atoms. The molecule has 0 N–H and O–H groups in total. The van der Waals surface area contributed by atoms with E-state index in [9.17, 15) is 0 Å². The molecule has 0 saturated heterocycles. The highest BCUT2D eigenvalue weighted by atomic mass is 15.1. The van der Waals surface area contributed by atoms with Crippen LogP contribution in [-0.4, -0.2) is 29.8 Å². The molecule has 0 aliphatic carbocycles. The molecule has 0 unspecified atom stereocenters.